The Kier molecular flexibility index (Phi) is 5.41. The van der Waals surface area contributed by atoms with E-state index in [9.17, 15) is 8.42 Å². The number of aromatic nitrogens is 1. The van der Waals surface area contributed by atoms with Gasteiger partial charge in [-0.15, -0.1) is 0 Å². The zero-order valence-corrected chi connectivity index (χ0v) is 18.5. The van der Waals surface area contributed by atoms with E-state index in [-0.39, 0.29) is 21.9 Å². The highest BCUT2D eigenvalue weighted by molar-refractivity contribution is 7.93. The molecule has 0 saturated heterocycles. The lowest BCUT2D eigenvalue weighted by atomic mass is 9.86. The van der Waals surface area contributed by atoms with Crippen LogP contribution in [0.3, 0.4) is 0 Å². The van der Waals surface area contributed by atoms with Crippen molar-refractivity contribution in [1.82, 2.24) is 4.98 Å². The van der Waals surface area contributed by atoms with Crippen LogP contribution in [0.1, 0.15) is 26.3 Å². The lowest BCUT2D eigenvalue weighted by Crippen LogP contribution is -2.15. The van der Waals surface area contributed by atoms with Crippen LogP contribution in [0.25, 0.3) is 10.8 Å². The summed E-state index contributed by atoms with van der Waals surface area (Å²) in [5.41, 5.74) is 1.14. The van der Waals surface area contributed by atoms with Crippen LogP contribution < -0.4 is 9.46 Å². The van der Waals surface area contributed by atoms with E-state index in [4.69, 9.17) is 4.74 Å². The third kappa shape index (κ3) is 4.39. The van der Waals surface area contributed by atoms with Gasteiger partial charge >= 0.3 is 0 Å². The Bertz CT molecular complexity index is 1340. The number of nitrogens with one attached hydrogen (secondary N) is 1. The topological polar surface area (TPSA) is 68.3 Å². The Hall–Kier alpha value is -3.38. The van der Waals surface area contributed by atoms with E-state index in [1.165, 1.54) is 0 Å². The number of ether oxygens (including phenoxy) is 1. The molecule has 1 N–H and O–H groups in total. The van der Waals surface area contributed by atoms with Crippen molar-refractivity contribution in [1.29, 1.82) is 0 Å². The number of benzene rings is 3. The molecule has 4 aromatic rings. The van der Waals surface area contributed by atoms with Crippen molar-refractivity contribution in [2.45, 2.75) is 31.1 Å². The lowest BCUT2D eigenvalue weighted by molar-refractivity contribution is 0.442. The molecule has 0 aliphatic heterocycles. The van der Waals surface area contributed by atoms with Crippen molar-refractivity contribution in [3.8, 4) is 11.6 Å². The molecule has 5 nitrogen and oxygen atoms in total. The maximum absolute atomic E-state index is 13.3. The van der Waals surface area contributed by atoms with E-state index in [0.29, 0.717) is 11.1 Å². The van der Waals surface area contributed by atoms with Crippen LogP contribution in [0.5, 0.6) is 11.6 Å². The maximum Gasteiger partial charge on any atom is 0.262 e. The summed E-state index contributed by atoms with van der Waals surface area (Å²) in [6.45, 7) is 6.28. The van der Waals surface area contributed by atoms with E-state index >= 15 is 0 Å². The first-order valence-corrected chi connectivity index (χ1v) is 11.5. The SMILES string of the molecule is CC(C)(C)c1ccccc1Oc1ncccc1NS(=O)(=O)c1cccc2ccccc12. The summed E-state index contributed by atoms with van der Waals surface area (Å²) in [6, 6.07) is 23.6. The first-order chi connectivity index (χ1) is 14.8. The Morgan fingerprint density at radius 3 is 2.35 bits per heavy atom. The number of para-hydroxylation sites is 1. The Morgan fingerprint density at radius 2 is 1.55 bits per heavy atom. The molecule has 1 aromatic heterocycles. The van der Waals surface area contributed by atoms with Gasteiger partial charge in [-0.2, -0.15) is 0 Å². The summed E-state index contributed by atoms with van der Waals surface area (Å²) >= 11 is 0. The fourth-order valence-corrected chi connectivity index (χ4v) is 4.75. The number of rotatable bonds is 5. The van der Waals surface area contributed by atoms with Crippen LogP contribution in [-0.2, 0) is 15.4 Å². The normalized spacial score (nSPS) is 12.0. The Morgan fingerprint density at radius 1 is 0.839 bits per heavy atom. The predicted molar refractivity (Wildman–Crippen MR) is 124 cm³/mol. The molecule has 0 radical (unpaired) electrons. The van der Waals surface area contributed by atoms with E-state index in [2.05, 4.69) is 30.5 Å². The van der Waals surface area contributed by atoms with Crippen molar-refractivity contribution in [2.24, 2.45) is 0 Å². The minimum absolute atomic E-state index is 0.145. The Labute approximate surface area is 182 Å². The molecule has 3 aromatic carbocycles. The van der Waals surface area contributed by atoms with Gasteiger partial charge in [0.1, 0.15) is 11.4 Å². The van der Waals surface area contributed by atoms with Gasteiger partial charge < -0.3 is 4.74 Å². The first-order valence-electron chi connectivity index (χ1n) is 9.99. The van der Waals surface area contributed by atoms with Gasteiger partial charge in [-0.1, -0.05) is 75.4 Å². The molecule has 4 rings (SSSR count). The van der Waals surface area contributed by atoms with Crippen molar-refractivity contribution in [3.05, 3.63) is 90.6 Å². The number of sulfonamides is 1. The fraction of sp³-hybridized carbons (Fsp3) is 0.160. The van der Waals surface area contributed by atoms with Gasteiger partial charge in [-0.3, -0.25) is 4.72 Å². The minimum Gasteiger partial charge on any atom is -0.437 e. The van der Waals surface area contributed by atoms with Crippen LogP contribution in [0.2, 0.25) is 0 Å². The summed E-state index contributed by atoms with van der Waals surface area (Å²) in [5, 5.41) is 1.51. The molecule has 158 valence electrons. The van der Waals surface area contributed by atoms with E-state index in [1.54, 1.807) is 36.5 Å². The van der Waals surface area contributed by atoms with Gasteiger partial charge in [0, 0.05) is 17.1 Å². The third-order valence-corrected chi connectivity index (χ3v) is 6.38. The summed E-state index contributed by atoms with van der Waals surface area (Å²) < 4.78 is 35.3. The molecule has 0 fully saturated rings. The Balaban J connectivity index is 1.72. The highest BCUT2D eigenvalue weighted by atomic mass is 32.2. The van der Waals surface area contributed by atoms with Crippen LogP contribution in [0.4, 0.5) is 5.69 Å². The van der Waals surface area contributed by atoms with Gasteiger partial charge in [-0.05, 0) is 35.1 Å². The number of nitrogens with zero attached hydrogens (tertiary/aromatic N) is 1. The highest BCUT2D eigenvalue weighted by Crippen LogP contribution is 2.36. The molecule has 6 heteroatoms. The van der Waals surface area contributed by atoms with Crippen LogP contribution in [-0.4, -0.2) is 13.4 Å². The van der Waals surface area contributed by atoms with E-state index < -0.39 is 10.0 Å². The standard InChI is InChI=1S/C25H24N2O3S/c1-25(2,3)20-13-6-7-15-22(20)30-24-21(14-9-17-26-24)27-31(28,29)23-16-8-11-18-10-4-5-12-19(18)23/h4-17,27H,1-3H3. The molecule has 0 spiro atoms. The van der Waals surface area contributed by atoms with Crippen LogP contribution in [0.15, 0.2) is 90.0 Å². The molecule has 0 bridgehead atoms. The molecule has 0 aliphatic carbocycles. The van der Waals surface area contributed by atoms with Crippen molar-refractivity contribution in [2.75, 3.05) is 4.72 Å². The summed E-state index contributed by atoms with van der Waals surface area (Å²) in [4.78, 5) is 4.49. The first kappa shape index (κ1) is 20.9. The largest absolute Gasteiger partial charge is 0.437 e. The zero-order chi connectivity index (χ0) is 22.1. The van der Waals surface area contributed by atoms with Gasteiger partial charge in [0.2, 0.25) is 5.88 Å². The molecule has 1 heterocycles. The smallest absolute Gasteiger partial charge is 0.262 e. The van der Waals surface area contributed by atoms with Gasteiger partial charge in [0.15, 0.2) is 0 Å². The van der Waals surface area contributed by atoms with Crippen molar-refractivity contribution in [3.63, 3.8) is 0 Å². The second kappa shape index (κ2) is 8.04. The molecule has 0 atom stereocenters. The quantitative estimate of drug-likeness (QED) is 0.412. The summed E-state index contributed by atoms with van der Waals surface area (Å²) in [5.74, 6) is 0.835. The van der Waals surface area contributed by atoms with Crippen molar-refractivity contribution < 1.29 is 13.2 Å². The minimum atomic E-state index is -3.86. The molecule has 0 unspecified atom stereocenters. The van der Waals surface area contributed by atoms with Gasteiger partial charge in [0.25, 0.3) is 10.0 Å². The lowest BCUT2D eigenvalue weighted by Gasteiger charge is -2.22. The number of hydrogen-bond donors (Lipinski definition) is 1. The average Bonchev–Trinajstić information content (AvgIpc) is 2.74. The molecular formula is C25H24N2O3S. The van der Waals surface area contributed by atoms with Crippen LogP contribution in [0, 0.1) is 0 Å². The summed E-state index contributed by atoms with van der Waals surface area (Å²) in [6.07, 6.45) is 1.57. The molecule has 0 aliphatic rings. The highest BCUT2D eigenvalue weighted by Gasteiger charge is 2.22. The van der Waals surface area contributed by atoms with E-state index in [1.807, 2.05) is 48.5 Å². The monoisotopic (exact) mass is 432 g/mol. The van der Waals surface area contributed by atoms with Gasteiger partial charge in [-0.25, -0.2) is 13.4 Å². The second-order valence-electron chi connectivity index (χ2n) is 8.29. The van der Waals surface area contributed by atoms with E-state index in [0.717, 1.165) is 10.9 Å². The third-order valence-electron chi connectivity index (χ3n) is 4.96. The molecular weight excluding hydrogens is 408 g/mol. The average molecular weight is 433 g/mol. The number of fused-ring (bicyclic) bond motifs is 1. The predicted octanol–water partition coefficient (Wildman–Crippen LogP) is 6.13. The number of anilines is 1. The van der Waals surface area contributed by atoms with Crippen molar-refractivity contribution >= 4 is 26.5 Å². The molecule has 0 saturated carbocycles. The molecule has 31 heavy (non-hydrogen) atoms. The number of pyridine rings is 1. The zero-order valence-electron chi connectivity index (χ0n) is 17.7. The van der Waals surface area contributed by atoms with Crippen LogP contribution >= 0.6 is 0 Å². The number of hydrogen-bond acceptors (Lipinski definition) is 4. The maximum atomic E-state index is 13.3. The fourth-order valence-electron chi connectivity index (χ4n) is 3.46. The molecule has 0 amide bonds. The van der Waals surface area contributed by atoms with Gasteiger partial charge in [0.05, 0.1) is 4.90 Å². The second-order valence-corrected chi connectivity index (χ2v) is 9.94. The summed E-state index contributed by atoms with van der Waals surface area (Å²) in [7, 11) is -3.86.